The number of rotatable bonds is 4. The normalized spacial score (nSPS) is 10.9. The Morgan fingerprint density at radius 2 is 2.00 bits per heavy atom. The standard InChI is InChI=1S/C13H10ClN3S3/c1-8-16-17-13(20-8)19-7-11-6-18-12(15-11)9-2-4-10(14)5-3-9/h2-6H,7H2,1H3. The van der Waals surface area contributed by atoms with Crippen LogP contribution in [0.2, 0.25) is 5.02 Å². The van der Waals surface area contributed by atoms with Gasteiger partial charge in [-0.25, -0.2) is 4.98 Å². The Labute approximate surface area is 134 Å². The van der Waals surface area contributed by atoms with Crippen LogP contribution in [0.25, 0.3) is 10.6 Å². The number of aromatic nitrogens is 3. The molecule has 0 aliphatic rings. The number of nitrogens with zero attached hydrogens (tertiary/aromatic N) is 3. The molecule has 3 rings (SSSR count). The van der Waals surface area contributed by atoms with Crippen molar-refractivity contribution in [1.29, 1.82) is 0 Å². The van der Waals surface area contributed by atoms with Gasteiger partial charge in [0.1, 0.15) is 10.0 Å². The fourth-order valence-electron chi connectivity index (χ4n) is 1.57. The molecule has 0 atom stereocenters. The van der Waals surface area contributed by atoms with E-state index in [4.69, 9.17) is 11.6 Å². The van der Waals surface area contributed by atoms with E-state index in [0.717, 1.165) is 36.4 Å². The van der Waals surface area contributed by atoms with Crippen LogP contribution in [0.4, 0.5) is 0 Å². The summed E-state index contributed by atoms with van der Waals surface area (Å²) in [6.45, 7) is 1.96. The van der Waals surface area contributed by atoms with Crippen molar-refractivity contribution in [1.82, 2.24) is 15.2 Å². The summed E-state index contributed by atoms with van der Waals surface area (Å²) in [5, 5.41) is 12.9. The lowest BCUT2D eigenvalue weighted by Crippen LogP contribution is -1.82. The predicted octanol–water partition coefficient (Wildman–Crippen LogP) is 4.92. The quantitative estimate of drug-likeness (QED) is 0.633. The van der Waals surface area contributed by atoms with Gasteiger partial charge >= 0.3 is 0 Å². The zero-order valence-electron chi connectivity index (χ0n) is 10.5. The molecule has 3 nitrogen and oxygen atoms in total. The lowest BCUT2D eigenvalue weighted by molar-refractivity contribution is 0.983. The van der Waals surface area contributed by atoms with Crippen LogP contribution >= 0.6 is 46.0 Å². The number of hydrogen-bond donors (Lipinski definition) is 0. The van der Waals surface area contributed by atoms with Crippen LogP contribution in [-0.4, -0.2) is 15.2 Å². The van der Waals surface area contributed by atoms with Crippen molar-refractivity contribution in [3.05, 3.63) is 45.4 Å². The fraction of sp³-hybridized carbons (Fsp3) is 0.154. The Hall–Kier alpha value is -0.950. The average molecular weight is 340 g/mol. The van der Waals surface area contributed by atoms with Crippen molar-refractivity contribution >= 4 is 46.0 Å². The van der Waals surface area contributed by atoms with Gasteiger partial charge in [-0.2, -0.15) is 0 Å². The SMILES string of the molecule is Cc1nnc(SCc2csc(-c3ccc(Cl)cc3)n2)s1. The first-order chi connectivity index (χ1) is 9.70. The molecular weight excluding hydrogens is 330 g/mol. The molecule has 0 amide bonds. The van der Waals surface area contributed by atoms with Crippen LogP contribution in [0.1, 0.15) is 10.7 Å². The van der Waals surface area contributed by atoms with Gasteiger partial charge in [-0.05, 0) is 19.1 Å². The number of aryl methyl sites for hydroxylation is 1. The highest BCUT2D eigenvalue weighted by atomic mass is 35.5. The molecule has 0 bridgehead atoms. The molecule has 0 spiro atoms. The zero-order valence-corrected chi connectivity index (χ0v) is 13.7. The van der Waals surface area contributed by atoms with Crippen molar-refractivity contribution in [2.45, 2.75) is 17.0 Å². The van der Waals surface area contributed by atoms with Crippen molar-refractivity contribution in [3.8, 4) is 10.6 Å². The molecule has 0 N–H and O–H groups in total. The summed E-state index contributed by atoms with van der Waals surface area (Å²) >= 11 is 10.8. The topological polar surface area (TPSA) is 38.7 Å². The van der Waals surface area contributed by atoms with Gasteiger partial charge in [0.15, 0.2) is 4.34 Å². The summed E-state index contributed by atoms with van der Waals surface area (Å²) < 4.78 is 0.989. The van der Waals surface area contributed by atoms with Crippen molar-refractivity contribution in [2.75, 3.05) is 0 Å². The number of hydrogen-bond acceptors (Lipinski definition) is 6. The van der Waals surface area contributed by atoms with Gasteiger partial charge in [0.05, 0.1) is 5.69 Å². The Morgan fingerprint density at radius 3 is 2.70 bits per heavy atom. The number of halogens is 1. The third-order valence-corrected chi connectivity index (χ3v) is 5.69. The second kappa shape index (κ2) is 6.22. The zero-order chi connectivity index (χ0) is 13.9. The van der Waals surface area contributed by atoms with E-state index in [1.165, 1.54) is 0 Å². The highest BCUT2D eigenvalue weighted by molar-refractivity contribution is 8.00. The molecule has 2 aromatic heterocycles. The summed E-state index contributed by atoms with van der Waals surface area (Å²) in [5.41, 5.74) is 2.17. The molecule has 2 heterocycles. The van der Waals surface area contributed by atoms with Crippen molar-refractivity contribution < 1.29 is 0 Å². The van der Waals surface area contributed by atoms with Gasteiger partial charge in [0.2, 0.25) is 0 Å². The van der Waals surface area contributed by atoms with Gasteiger partial charge in [0.25, 0.3) is 0 Å². The number of thioether (sulfide) groups is 1. The maximum atomic E-state index is 5.89. The average Bonchev–Trinajstić information content (AvgIpc) is 3.06. The summed E-state index contributed by atoms with van der Waals surface area (Å²) in [7, 11) is 0. The van der Waals surface area contributed by atoms with Crippen molar-refractivity contribution in [3.63, 3.8) is 0 Å². The van der Waals surface area contributed by atoms with E-state index < -0.39 is 0 Å². The minimum atomic E-state index is 0.743. The molecule has 3 aromatic rings. The van der Waals surface area contributed by atoms with Crippen LogP contribution in [-0.2, 0) is 5.75 Å². The first-order valence-electron chi connectivity index (χ1n) is 5.84. The maximum absolute atomic E-state index is 5.89. The first-order valence-corrected chi connectivity index (χ1v) is 8.90. The lowest BCUT2D eigenvalue weighted by Gasteiger charge is -1.96. The molecule has 0 saturated heterocycles. The van der Waals surface area contributed by atoms with E-state index >= 15 is 0 Å². The fourth-order valence-corrected chi connectivity index (χ4v) is 4.34. The van der Waals surface area contributed by atoms with Gasteiger partial charge in [-0.15, -0.1) is 21.5 Å². The number of thiazole rings is 1. The van der Waals surface area contributed by atoms with E-state index in [9.17, 15) is 0 Å². The molecule has 0 fully saturated rings. The van der Waals surface area contributed by atoms with Crippen LogP contribution < -0.4 is 0 Å². The summed E-state index contributed by atoms with van der Waals surface area (Å²) in [6.07, 6.45) is 0. The van der Waals surface area contributed by atoms with E-state index in [2.05, 4.69) is 20.6 Å². The Balaban J connectivity index is 1.69. The molecule has 102 valence electrons. The van der Waals surface area contributed by atoms with Gasteiger partial charge in [-0.3, -0.25) is 0 Å². The predicted molar refractivity (Wildman–Crippen MR) is 86.8 cm³/mol. The molecule has 0 aliphatic carbocycles. The number of benzene rings is 1. The molecule has 0 aliphatic heterocycles. The van der Waals surface area contributed by atoms with E-state index in [0.29, 0.717) is 0 Å². The highest BCUT2D eigenvalue weighted by Gasteiger charge is 2.07. The molecule has 7 heteroatoms. The Morgan fingerprint density at radius 1 is 1.20 bits per heavy atom. The van der Waals surface area contributed by atoms with Crippen LogP contribution in [0.5, 0.6) is 0 Å². The Kier molecular flexibility index (Phi) is 4.35. The second-order valence-electron chi connectivity index (χ2n) is 4.03. The minimum Gasteiger partial charge on any atom is -0.240 e. The summed E-state index contributed by atoms with van der Waals surface area (Å²) in [5.74, 6) is 0.818. The van der Waals surface area contributed by atoms with Gasteiger partial charge in [0, 0.05) is 21.7 Å². The monoisotopic (exact) mass is 339 g/mol. The third-order valence-electron chi connectivity index (χ3n) is 2.49. The smallest absolute Gasteiger partial charge is 0.174 e. The van der Waals surface area contributed by atoms with E-state index in [-0.39, 0.29) is 0 Å². The highest BCUT2D eigenvalue weighted by Crippen LogP contribution is 2.29. The van der Waals surface area contributed by atoms with Gasteiger partial charge in [-0.1, -0.05) is 46.8 Å². The largest absolute Gasteiger partial charge is 0.240 e. The minimum absolute atomic E-state index is 0.743. The van der Waals surface area contributed by atoms with Gasteiger partial charge < -0.3 is 0 Å². The van der Waals surface area contributed by atoms with Crippen molar-refractivity contribution in [2.24, 2.45) is 0 Å². The Bertz CT molecular complexity index is 706. The second-order valence-corrected chi connectivity index (χ2v) is 7.73. The molecular formula is C13H10ClN3S3. The first kappa shape index (κ1) is 14.0. The molecule has 20 heavy (non-hydrogen) atoms. The maximum Gasteiger partial charge on any atom is 0.174 e. The van der Waals surface area contributed by atoms with E-state index in [1.54, 1.807) is 34.4 Å². The van der Waals surface area contributed by atoms with Crippen LogP contribution in [0, 0.1) is 6.92 Å². The summed E-state index contributed by atoms with van der Waals surface area (Å²) in [4.78, 5) is 4.64. The third kappa shape index (κ3) is 3.38. The molecule has 0 unspecified atom stereocenters. The van der Waals surface area contributed by atoms with Crippen LogP contribution in [0.3, 0.4) is 0 Å². The molecule has 0 saturated carbocycles. The van der Waals surface area contributed by atoms with E-state index in [1.807, 2.05) is 31.2 Å². The molecule has 0 radical (unpaired) electrons. The lowest BCUT2D eigenvalue weighted by atomic mass is 10.2. The summed E-state index contributed by atoms with van der Waals surface area (Å²) in [6, 6.07) is 7.76. The molecule has 1 aromatic carbocycles. The van der Waals surface area contributed by atoms with Crippen LogP contribution in [0.15, 0.2) is 34.0 Å².